The van der Waals surface area contributed by atoms with E-state index in [1.54, 1.807) is 0 Å². The Labute approximate surface area is 116 Å². The van der Waals surface area contributed by atoms with Gasteiger partial charge in [0.15, 0.2) is 5.69 Å². The first kappa shape index (κ1) is 13.5. The fourth-order valence-corrected chi connectivity index (χ4v) is 1.68. The van der Waals surface area contributed by atoms with Crippen molar-refractivity contribution in [2.75, 3.05) is 6.61 Å². The van der Waals surface area contributed by atoms with Crippen LogP contribution in [0.2, 0.25) is 5.15 Å². The van der Waals surface area contributed by atoms with Gasteiger partial charge in [0.25, 0.3) is 0 Å². The minimum atomic E-state index is -0.475. The molecule has 0 aliphatic carbocycles. The number of halogens is 1. The van der Waals surface area contributed by atoms with Crippen LogP contribution in [0.1, 0.15) is 22.5 Å². The van der Waals surface area contributed by atoms with Crippen LogP contribution < -0.4 is 0 Å². The summed E-state index contributed by atoms with van der Waals surface area (Å²) in [5.41, 5.74) is 1.40. The predicted octanol–water partition coefficient (Wildman–Crippen LogP) is 2.92. The summed E-state index contributed by atoms with van der Waals surface area (Å²) in [6.45, 7) is 0.359. The lowest BCUT2D eigenvalue weighted by Gasteiger charge is -2.04. The number of carbonyl (C=O) groups excluding carboxylic acids is 1. The molecular weight excluding hydrogens is 264 g/mol. The first-order valence-corrected chi connectivity index (χ1v) is 6.32. The molecule has 1 aromatic carbocycles. The van der Waals surface area contributed by atoms with Crippen LogP contribution in [0.3, 0.4) is 0 Å². The van der Waals surface area contributed by atoms with Crippen molar-refractivity contribution in [3.05, 3.63) is 59.1 Å². The number of hydrogen-bond acceptors (Lipinski definition) is 4. The van der Waals surface area contributed by atoms with Crippen LogP contribution >= 0.6 is 11.6 Å². The number of carbonyl (C=O) groups is 1. The number of esters is 1. The van der Waals surface area contributed by atoms with E-state index in [4.69, 9.17) is 16.3 Å². The fourth-order valence-electron chi connectivity index (χ4n) is 1.58. The summed E-state index contributed by atoms with van der Waals surface area (Å²) in [7, 11) is 0. The van der Waals surface area contributed by atoms with Crippen molar-refractivity contribution in [2.24, 2.45) is 0 Å². The summed E-state index contributed by atoms with van der Waals surface area (Å²) in [4.78, 5) is 19.2. The maximum Gasteiger partial charge on any atom is 0.358 e. The maximum atomic E-state index is 11.6. The van der Waals surface area contributed by atoms with Crippen LogP contribution in [0.5, 0.6) is 0 Å². The number of rotatable bonds is 5. The molecule has 2 aromatic rings. The Hall–Kier alpha value is -1.94. The average Bonchev–Trinajstić information content (AvgIpc) is 2.45. The Morgan fingerprint density at radius 3 is 2.63 bits per heavy atom. The monoisotopic (exact) mass is 276 g/mol. The van der Waals surface area contributed by atoms with E-state index in [9.17, 15) is 4.79 Å². The molecule has 98 valence electrons. The molecule has 1 aromatic heterocycles. The van der Waals surface area contributed by atoms with Crippen LogP contribution in [0.25, 0.3) is 0 Å². The van der Waals surface area contributed by atoms with Crippen LogP contribution in [-0.4, -0.2) is 22.5 Å². The van der Waals surface area contributed by atoms with Gasteiger partial charge in [0.05, 0.1) is 19.0 Å². The third kappa shape index (κ3) is 4.34. The van der Waals surface area contributed by atoms with Crippen LogP contribution in [0, 0.1) is 0 Å². The van der Waals surface area contributed by atoms with E-state index in [0.29, 0.717) is 6.61 Å². The molecule has 0 spiro atoms. The van der Waals surface area contributed by atoms with Crippen LogP contribution in [-0.2, 0) is 11.2 Å². The zero-order valence-electron chi connectivity index (χ0n) is 10.3. The number of aryl methyl sites for hydroxylation is 1. The Kier molecular flexibility index (Phi) is 4.86. The van der Waals surface area contributed by atoms with E-state index in [2.05, 4.69) is 9.97 Å². The Bertz CT molecular complexity index is 529. The van der Waals surface area contributed by atoms with Gasteiger partial charge in [-0.05, 0) is 18.4 Å². The Morgan fingerprint density at radius 1 is 1.16 bits per heavy atom. The first-order chi connectivity index (χ1) is 9.25. The molecule has 0 saturated heterocycles. The topological polar surface area (TPSA) is 52.1 Å². The molecule has 0 saturated carbocycles. The van der Waals surface area contributed by atoms with Gasteiger partial charge in [-0.25, -0.2) is 14.8 Å². The minimum Gasteiger partial charge on any atom is -0.461 e. The van der Waals surface area contributed by atoms with Crippen molar-refractivity contribution in [1.29, 1.82) is 0 Å². The van der Waals surface area contributed by atoms with Gasteiger partial charge >= 0.3 is 5.97 Å². The van der Waals surface area contributed by atoms with Crippen LogP contribution in [0.15, 0.2) is 42.7 Å². The Morgan fingerprint density at radius 2 is 1.95 bits per heavy atom. The fraction of sp³-hybridized carbons (Fsp3) is 0.214. The standard InChI is InChI=1S/C14H13ClN2O2/c15-13-10-16-12(9-17-13)14(18)19-8-4-7-11-5-2-1-3-6-11/h1-3,5-6,9-10H,4,7-8H2. The zero-order chi connectivity index (χ0) is 13.5. The highest BCUT2D eigenvalue weighted by atomic mass is 35.5. The van der Waals surface area contributed by atoms with Gasteiger partial charge in [-0.15, -0.1) is 0 Å². The summed E-state index contributed by atoms with van der Waals surface area (Å²) in [5, 5.41) is 0.251. The molecule has 0 unspecified atom stereocenters. The van der Waals surface area contributed by atoms with E-state index in [1.165, 1.54) is 18.0 Å². The third-order valence-electron chi connectivity index (χ3n) is 2.52. The molecule has 2 rings (SSSR count). The van der Waals surface area contributed by atoms with Gasteiger partial charge in [0.1, 0.15) is 5.15 Å². The second kappa shape index (κ2) is 6.85. The van der Waals surface area contributed by atoms with Gasteiger partial charge in [-0.1, -0.05) is 41.9 Å². The maximum absolute atomic E-state index is 11.6. The smallest absolute Gasteiger partial charge is 0.358 e. The number of hydrogen-bond donors (Lipinski definition) is 0. The van der Waals surface area contributed by atoms with Gasteiger partial charge in [0, 0.05) is 0 Å². The van der Waals surface area contributed by atoms with E-state index in [1.807, 2.05) is 30.3 Å². The summed E-state index contributed by atoms with van der Waals surface area (Å²) >= 11 is 5.59. The largest absolute Gasteiger partial charge is 0.461 e. The lowest BCUT2D eigenvalue weighted by Crippen LogP contribution is -2.09. The van der Waals surface area contributed by atoms with Crippen molar-refractivity contribution in [1.82, 2.24) is 9.97 Å². The van der Waals surface area contributed by atoms with Crippen molar-refractivity contribution in [2.45, 2.75) is 12.8 Å². The van der Waals surface area contributed by atoms with Crippen LogP contribution in [0.4, 0.5) is 0 Å². The second-order valence-corrected chi connectivity index (χ2v) is 4.34. The van der Waals surface area contributed by atoms with E-state index >= 15 is 0 Å². The lowest BCUT2D eigenvalue weighted by molar-refractivity contribution is 0.0493. The van der Waals surface area contributed by atoms with Crippen molar-refractivity contribution >= 4 is 17.6 Å². The second-order valence-electron chi connectivity index (χ2n) is 3.95. The van der Waals surface area contributed by atoms with E-state index in [-0.39, 0.29) is 10.8 Å². The molecule has 0 aliphatic rings. The van der Waals surface area contributed by atoms with Gasteiger partial charge in [-0.2, -0.15) is 0 Å². The van der Waals surface area contributed by atoms with E-state index in [0.717, 1.165) is 12.8 Å². The van der Waals surface area contributed by atoms with Crippen molar-refractivity contribution in [3.63, 3.8) is 0 Å². The highest BCUT2D eigenvalue weighted by Crippen LogP contribution is 2.05. The molecule has 4 nitrogen and oxygen atoms in total. The molecule has 1 heterocycles. The molecule has 0 atom stereocenters. The highest BCUT2D eigenvalue weighted by molar-refractivity contribution is 6.29. The molecule has 5 heteroatoms. The highest BCUT2D eigenvalue weighted by Gasteiger charge is 2.08. The van der Waals surface area contributed by atoms with Crippen molar-refractivity contribution < 1.29 is 9.53 Å². The molecule has 19 heavy (non-hydrogen) atoms. The minimum absolute atomic E-state index is 0.170. The predicted molar refractivity (Wildman–Crippen MR) is 72.1 cm³/mol. The average molecular weight is 277 g/mol. The molecule has 0 bridgehead atoms. The first-order valence-electron chi connectivity index (χ1n) is 5.94. The Balaban J connectivity index is 1.74. The summed E-state index contributed by atoms with van der Waals surface area (Å²) in [5.74, 6) is -0.475. The summed E-state index contributed by atoms with van der Waals surface area (Å²) in [6, 6.07) is 10.1. The number of ether oxygens (including phenoxy) is 1. The molecule has 0 N–H and O–H groups in total. The molecule has 0 amide bonds. The van der Waals surface area contributed by atoms with Crippen molar-refractivity contribution in [3.8, 4) is 0 Å². The quantitative estimate of drug-likeness (QED) is 0.622. The normalized spacial score (nSPS) is 10.2. The van der Waals surface area contributed by atoms with Gasteiger partial charge in [-0.3, -0.25) is 0 Å². The molecule has 0 aliphatic heterocycles. The van der Waals surface area contributed by atoms with Gasteiger partial charge < -0.3 is 4.74 Å². The number of aromatic nitrogens is 2. The zero-order valence-corrected chi connectivity index (χ0v) is 11.0. The van der Waals surface area contributed by atoms with Gasteiger partial charge in [0.2, 0.25) is 0 Å². The summed E-state index contributed by atoms with van der Waals surface area (Å²) in [6.07, 6.45) is 4.28. The third-order valence-corrected chi connectivity index (χ3v) is 2.71. The molecular formula is C14H13ClN2O2. The SMILES string of the molecule is O=C(OCCCc1ccccc1)c1cnc(Cl)cn1. The molecule has 0 fully saturated rings. The number of nitrogens with zero attached hydrogens (tertiary/aromatic N) is 2. The lowest BCUT2D eigenvalue weighted by atomic mass is 10.1. The number of benzene rings is 1. The molecule has 0 radical (unpaired) electrons. The van der Waals surface area contributed by atoms with E-state index < -0.39 is 5.97 Å². The summed E-state index contributed by atoms with van der Waals surface area (Å²) < 4.78 is 5.11.